The van der Waals surface area contributed by atoms with Crippen molar-refractivity contribution in [3.05, 3.63) is 11.8 Å². The summed E-state index contributed by atoms with van der Waals surface area (Å²) in [7, 11) is 2.16. The third-order valence-electron chi connectivity index (χ3n) is 9.37. The maximum Gasteiger partial charge on any atom is 0.256 e. The van der Waals surface area contributed by atoms with Crippen LogP contribution in [-0.2, 0) is 14.3 Å². The van der Waals surface area contributed by atoms with Gasteiger partial charge < -0.3 is 35.8 Å². The lowest BCUT2D eigenvalue weighted by molar-refractivity contribution is -0.197. The number of Topliss-reactive ketones (excluding diaryl/α,β-unsaturated/α-hetero) is 1. The van der Waals surface area contributed by atoms with E-state index in [-0.39, 0.29) is 41.9 Å². The summed E-state index contributed by atoms with van der Waals surface area (Å²) in [4.78, 5) is 33.7. The van der Waals surface area contributed by atoms with Crippen LogP contribution in [0.5, 0.6) is 0 Å². The molecule has 0 aromatic carbocycles. The Kier molecular flexibility index (Phi) is 9.36. The Bertz CT molecular complexity index is 866. The molecular formula is C28H47FN6O3. The smallest absolute Gasteiger partial charge is 0.256 e. The van der Waals surface area contributed by atoms with Crippen LogP contribution in [0.2, 0.25) is 0 Å². The average Bonchev–Trinajstić information content (AvgIpc) is 2.92. The summed E-state index contributed by atoms with van der Waals surface area (Å²) < 4.78 is 22.4. The van der Waals surface area contributed by atoms with Gasteiger partial charge in [-0.3, -0.25) is 9.59 Å². The van der Waals surface area contributed by atoms with Gasteiger partial charge in [0.15, 0.2) is 5.78 Å². The molecule has 0 spiro atoms. The Morgan fingerprint density at radius 3 is 2.71 bits per heavy atom. The third kappa shape index (κ3) is 5.94. The second-order valence-corrected chi connectivity index (χ2v) is 11.9. The first-order valence-corrected chi connectivity index (χ1v) is 14.9. The van der Waals surface area contributed by atoms with Crippen molar-refractivity contribution >= 4 is 11.7 Å². The van der Waals surface area contributed by atoms with Gasteiger partial charge in [0.2, 0.25) is 0 Å². The van der Waals surface area contributed by atoms with E-state index in [9.17, 15) is 9.59 Å². The second-order valence-electron chi connectivity index (χ2n) is 11.9. The number of nitrogens with two attached hydrogens (primary N) is 1. The number of halogens is 1. The number of hydrogen-bond acceptors (Lipinski definition) is 8. The number of hydrogen-bond donors (Lipinski definition) is 3. The fourth-order valence-corrected chi connectivity index (χ4v) is 7.20. The van der Waals surface area contributed by atoms with Crippen molar-refractivity contribution in [1.82, 2.24) is 25.3 Å². The second kappa shape index (κ2) is 12.7. The average molecular weight is 535 g/mol. The summed E-state index contributed by atoms with van der Waals surface area (Å²) >= 11 is 0. The molecule has 7 atom stereocenters. The van der Waals surface area contributed by atoms with Crippen LogP contribution in [0.25, 0.3) is 0 Å². The quantitative estimate of drug-likeness (QED) is 0.277. The van der Waals surface area contributed by atoms with Crippen LogP contribution in [-0.4, -0.2) is 122 Å². The predicted octanol–water partition coefficient (Wildman–Crippen LogP) is 0.642. The number of fused-ring (bicyclic) bond motifs is 2. The first-order valence-electron chi connectivity index (χ1n) is 14.9. The third-order valence-corrected chi connectivity index (χ3v) is 9.37. The molecule has 3 aliphatic heterocycles. The first kappa shape index (κ1) is 28.0. The molecule has 7 unspecified atom stereocenters. The van der Waals surface area contributed by atoms with Gasteiger partial charge in [0, 0.05) is 44.8 Å². The van der Waals surface area contributed by atoms with E-state index >= 15 is 4.39 Å². The Morgan fingerprint density at radius 1 is 1.13 bits per heavy atom. The summed E-state index contributed by atoms with van der Waals surface area (Å²) in [5.74, 6) is -1.14. The largest absolute Gasteiger partial charge is 0.369 e. The number of piperazine rings is 1. The number of unbranched alkanes of at least 4 members (excludes halogenated alkanes) is 1. The molecule has 0 aromatic rings. The highest BCUT2D eigenvalue weighted by Gasteiger charge is 2.58. The van der Waals surface area contributed by atoms with Crippen LogP contribution in [0.1, 0.15) is 51.4 Å². The monoisotopic (exact) mass is 534 g/mol. The van der Waals surface area contributed by atoms with Gasteiger partial charge in [0.25, 0.3) is 5.91 Å². The molecule has 2 saturated heterocycles. The van der Waals surface area contributed by atoms with E-state index in [4.69, 9.17) is 10.5 Å². The molecule has 3 heterocycles. The van der Waals surface area contributed by atoms with Crippen LogP contribution < -0.4 is 16.4 Å². The van der Waals surface area contributed by atoms with Gasteiger partial charge in [0.05, 0.1) is 35.9 Å². The molecule has 1 amide bonds. The van der Waals surface area contributed by atoms with E-state index in [0.717, 1.165) is 84.2 Å². The lowest BCUT2D eigenvalue weighted by Gasteiger charge is -2.59. The Morgan fingerprint density at radius 2 is 1.92 bits per heavy atom. The number of carbonyl (C=O) groups excluding carboxylic acids is 2. The summed E-state index contributed by atoms with van der Waals surface area (Å²) in [6.07, 6.45) is 6.98. The number of morpholine rings is 1. The van der Waals surface area contributed by atoms with Crippen LogP contribution >= 0.6 is 0 Å². The molecule has 9 nitrogen and oxygen atoms in total. The number of ketones is 1. The number of ether oxygens (including phenoxy) is 1. The van der Waals surface area contributed by atoms with Crippen molar-refractivity contribution in [3.63, 3.8) is 0 Å². The number of carbonyl (C=O) groups is 2. The maximum atomic E-state index is 15.8. The minimum atomic E-state index is -1.19. The maximum absolute atomic E-state index is 15.8. The lowest BCUT2D eigenvalue weighted by atomic mass is 9.69. The molecule has 2 saturated carbocycles. The highest BCUT2D eigenvalue weighted by atomic mass is 19.1. The zero-order chi connectivity index (χ0) is 26.6. The number of alkyl halides is 1. The topological polar surface area (TPSA) is 103 Å². The highest BCUT2D eigenvalue weighted by Crippen LogP contribution is 2.45. The van der Waals surface area contributed by atoms with E-state index in [1.807, 2.05) is 0 Å². The molecule has 0 aromatic heterocycles. The van der Waals surface area contributed by atoms with Gasteiger partial charge in [-0.1, -0.05) is 12.8 Å². The van der Waals surface area contributed by atoms with E-state index in [0.29, 0.717) is 13.1 Å². The molecule has 4 N–H and O–H groups in total. The van der Waals surface area contributed by atoms with Crippen LogP contribution in [0, 0.1) is 5.92 Å². The number of rotatable bonds is 10. The molecule has 10 heteroatoms. The minimum absolute atomic E-state index is 0.00362. The van der Waals surface area contributed by atoms with Gasteiger partial charge in [0.1, 0.15) is 6.17 Å². The van der Waals surface area contributed by atoms with E-state index < -0.39 is 24.2 Å². The van der Waals surface area contributed by atoms with Gasteiger partial charge in [-0.2, -0.15) is 0 Å². The molecule has 2 aliphatic carbocycles. The lowest BCUT2D eigenvalue weighted by Crippen LogP contribution is -2.72. The molecule has 4 fully saturated rings. The van der Waals surface area contributed by atoms with Crippen LogP contribution in [0.3, 0.4) is 0 Å². The SMILES string of the molecule is CN1CCN(CCCNC2C(F)CC3C(=O)C(C(=O)NCCCCN)=CN4C5CCCCC5OC2C34)CC1. The van der Waals surface area contributed by atoms with Crippen molar-refractivity contribution in [3.8, 4) is 0 Å². The van der Waals surface area contributed by atoms with Gasteiger partial charge in [-0.15, -0.1) is 0 Å². The number of nitrogens with one attached hydrogen (secondary N) is 2. The van der Waals surface area contributed by atoms with E-state index in [1.54, 1.807) is 6.20 Å². The highest BCUT2D eigenvalue weighted by molar-refractivity contribution is 6.20. The first-order chi connectivity index (χ1) is 18.5. The van der Waals surface area contributed by atoms with E-state index in [1.165, 1.54) is 0 Å². The van der Waals surface area contributed by atoms with E-state index in [2.05, 4.69) is 32.4 Å². The number of likely N-dealkylation sites (N-methyl/N-ethyl adjacent to an activating group) is 1. The van der Waals surface area contributed by atoms with Crippen LogP contribution in [0.4, 0.5) is 4.39 Å². The van der Waals surface area contributed by atoms with Crippen molar-refractivity contribution in [2.45, 2.75) is 87.9 Å². The number of amides is 1. The van der Waals surface area contributed by atoms with Crippen LogP contribution in [0.15, 0.2) is 11.8 Å². The van der Waals surface area contributed by atoms with Gasteiger partial charge >= 0.3 is 0 Å². The van der Waals surface area contributed by atoms with Gasteiger partial charge in [-0.25, -0.2) is 4.39 Å². The van der Waals surface area contributed by atoms with Crippen molar-refractivity contribution in [2.75, 3.05) is 59.4 Å². The van der Waals surface area contributed by atoms with Crippen molar-refractivity contribution in [1.29, 1.82) is 0 Å². The zero-order valence-corrected chi connectivity index (χ0v) is 23.0. The fraction of sp³-hybridized carbons (Fsp3) is 0.857. The molecule has 214 valence electrons. The Hall–Kier alpha value is -1.59. The fourth-order valence-electron chi connectivity index (χ4n) is 7.20. The summed E-state index contributed by atoms with van der Waals surface area (Å²) in [5.41, 5.74) is 5.74. The molecular weight excluding hydrogens is 487 g/mol. The Balaban J connectivity index is 1.28. The summed E-state index contributed by atoms with van der Waals surface area (Å²) in [5, 5.41) is 6.40. The zero-order valence-electron chi connectivity index (χ0n) is 23.0. The molecule has 38 heavy (non-hydrogen) atoms. The standard InChI is InChI=1S/C28H47FN6O3/c1-33-13-15-34(16-14-33)12-6-11-31-24-21(29)17-19-25-27(24)38-23-8-3-2-7-22(23)35(25)18-20(26(19)36)28(37)32-10-5-4-9-30/h18-19,21-25,27,31H,2-17,30H2,1H3,(H,32,37). The molecule has 5 rings (SSSR count). The summed E-state index contributed by atoms with van der Waals surface area (Å²) in [6, 6.07) is -0.533. The molecule has 0 radical (unpaired) electrons. The molecule has 5 aliphatic rings. The van der Waals surface area contributed by atoms with Crippen molar-refractivity contribution in [2.24, 2.45) is 11.7 Å². The summed E-state index contributed by atoms with van der Waals surface area (Å²) in [6.45, 7) is 7.13. The number of nitrogens with zero attached hydrogens (tertiary/aromatic N) is 3. The normalized spacial score (nSPS) is 35.9. The Labute approximate surface area is 226 Å². The van der Waals surface area contributed by atoms with Crippen molar-refractivity contribution < 1.29 is 18.7 Å². The minimum Gasteiger partial charge on any atom is -0.369 e. The van der Waals surface area contributed by atoms with Gasteiger partial charge in [-0.05, 0) is 65.2 Å². The molecule has 0 bridgehead atoms. The predicted molar refractivity (Wildman–Crippen MR) is 144 cm³/mol.